The summed E-state index contributed by atoms with van der Waals surface area (Å²) in [6, 6.07) is 10.5. The number of esters is 1. The molecule has 202 valence electrons. The van der Waals surface area contributed by atoms with Gasteiger partial charge in [0.1, 0.15) is 11.4 Å². The smallest absolute Gasteiger partial charge is 0.392 e. The number of ether oxygens (including phenoxy) is 1. The second kappa shape index (κ2) is 10.5. The van der Waals surface area contributed by atoms with Gasteiger partial charge in [-0.2, -0.15) is 13.2 Å². The van der Waals surface area contributed by atoms with Gasteiger partial charge in [-0.05, 0) is 74.8 Å². The first-order chi connectivity index (χ1) is 17.0. The minimum atomic E-state index is -4.63. The third-order valence-electron chi connectivity index (χ3n) is 6.78. The van der Waals surface area contributed by atoms with Gasteiger partial charge in [-0.25, -0.2) is 4.39 Å². The highest BCUT2D eigenvalue weighted by molar-refractivity contribution is 5.96. The van der Waals surface area contributed by atoms with Crippen molar-refractivity contribution in [1.29, 1.82) is 0 Å². The van der Waals surface area contributed by atoms with E-state index in [1.165, 1.54) is 24.3 Å². The molecular weight excluding hydrogens is 486 g/mol. The number of halogens is 4. The largest absolute Gasteiger partial charge is 0.460 e. The zero-order valence-electron chi connectivity index (χ0n) is 22.1. The summed E-state index contributed by atoms with van der Waals surface area (Å²) in [6.45, 7) is 10.2. The SMILES string of the molecule is CC(C)c1ccc([C@@H](C(=O)Nc2cc(CC3(C(=O)OC(C)(C)C)CC3)ccc2F)[C@@H](C)C(F)(F)F)cc1. The van der Waals surface area contributed by atoms with E-state index in [1.54, 1.807) is 32.9 Å². The van der Waals surface area contributed by atoms with Gasteiger partial charge in [-0.15, -0.1) is 0 Å². The summed E-state index contributed by atoms with van der Waals surface area (Å²) in [4.78, 5) is 25.9. The fourth-order valence-corrected chi connectivity index (χ4v) is 4.31. The van der Waals surface area contributed by atoms with Gasteiger partial charge >= 0.3 is 12.1 Å². The van der Waals surface area contributed by atoms with Crippen LogP contribution in [0.4, 0.5) is 23.2 Å². The number of rotatable bonds is 8. The van der Waals surface area contributed by atoms with E-state index in [0.717, 1.165) is 18.6 Å². The lowest BCUT2D eigenvalue weighted by atomic mass is 9.85. The lowest BCUT2D eigenvalue weighted by molar-refractivity contribution is -0.178. The molecule has 0 bridgehead atoms. The number of carbonyl (C=O) groups is 2. The van der Waals surface area contributed by atoms with Crippen molar-refractivity contribution in [3.05, 3.63) is 65.0 Å². The molecule has 1 fully saturated rings. The Bertz CT molecular complexity index is 1130. The number of alkyl halides is 3. The monoisotopic (exact) mass is 521 g/mol. The highest BCUT2D eigenvalue weighted by Gasteiger charge is 2.52. The van der Waals surface area contributed by atoms with Crippen molar-refractivity contribution in [2.45, 2.75) is 84.4 Å². The van der Waals surface area contributed by atoms with Crippen molar-refractivity contribution in [3.63, 3.8) is 0 Å². The minimum absolute atomic E-state index is 0.175. The van der Waals surface area contributed by atoms with Crippen molar-refractivity contribution < 1.29 is 31.9 Å². The van der Waals surface area contributed by atoms with Crippen molar-refractivity contribution >= 4 is 17.6 Å². The first kappa shape index (κ1) is 28.7. The van der Waals surface area contributed by atoms with Gasteiger partial charge in [0.2, 0.25) is 5.91 Å². The standard InChI is InChI=1S/C29H35F4NO3/c1-17(2)20-8-10-21(11-9-20)24(18(3)29(31,32)33)25(35)34-23-15-19(7-12-22(23)30)16-28(13-14-28)26(36)37-27(4,5)6/h7-12,15,17-18,24H,13-14,16H2,1-6H3,(H,34,35)/t18-,24+/m1/s1. The average Bonchev–Trinajstić information content (AvgIpc) is 3.55. The molecule has 4 nitrogen and oxygen atoms in total. The molecule has 2 atom stereocenters. The molecule has 2 aromatic rings. The van der Waals surface area contributed by atoms with Crippen LogP contribution in [0.2, 0.25) is 0 Å². The lowest BCUT2D eigenvalue weighted by Gasteiger charge is -2.26. The van der Waals surface area contributed by atoms with Crippen LogP contribution in [0.5, 0.6) is 0 Å². The number of carbonyl (C=O) groups excluding carboxylic acids is 2. The molecular formula is C29H35F4NO3. The van der Waals surface area contributed by atoms with Crippen LogP contribution in [0.15, 0.2) is 42.5 Å². The molecule has 1 amide bonds. The average molecular weight is 522 g/mol. The van der Waals surface area contributed by atoms with Crippen LogP contribution < -0.4 is 5.32 Å². The molecule has 0 spiro atoms. The molecule has 0 unspecified atom stereocenters. The number of benzene rings is 2. The summed E-state index contributed by atoms with van der Waals surface area (Å²) >= 11 is 0. The second-order valence-electron chi connectivity index (χ2n) is 11.4. The number of hydrogen-bond donors (Lipinski definition) is 1. The molecule has 1 aliphatic carbocycles. The maximum atomic E-state index is 14.7. The summed E-state index contributed by atoms with van der Waals surface area (Å²) in [5.41, 5.74) is 0.136. The Labute approximate surface area is 215 Å². The summed E-state index contributed by atoms with van der Waals surface area (Å²) < 4.78 is 61.4. The normalized spacial score (nSPS) is 16.7. The third kappa shape index (κ3) is 7.11. The Kier molecular flexibility index (Phi) is 8.11. The molecule has 0 heterocycles. The summed E-state index contributed by atoms with van der Waals surface area (Å²) in [5.74, 6) is -5.45. The highest BCUT2D eigenvalue weighted by atomic mass is 19.4. The number of amides is 1. The molecule has 8 heteroatoms. The zero-order valence-corrected chi connectivity index (χ0v) is 22.1. The number of hydrogen-bond acceptors (Lipinski definition) is 3. The predicted octanol–water partition coefficient (Wildman–Crippen LogP) is 7.53. The van der Waals surface area contributed by atoms with Gasteiger partial charge in [-0.1, -0.05) is 51.1 Å². The second-order valence-corrected chi connectivity index (χ2v) is 11.4. The van der Waals surface area contributed by atoms with Crippen LogP contribution in [0.1, 0.15) is 82.9 Å². The quantitative estimate of drug-likeness (QED) is 0.289. The molecule has 0 aromatic heterocycles. The van der Waals surface area contributed by atoms with Crippen LogP contribution in [0.25, 0.3) is 0 Å². The third-order valence-corrected chi connectivity index (χ3v) is 6.78. The molecule has 0 aliphatic heterocycles. The molecule has 3 rings (SSSR count). The Hall–Kier alpha value is -2.90. The van der Waals surface area contributed by atoms with E-state index in [9.17, 15) is 27.2 Å². The van der Waals surface area contributed by atoms with E-state index in [1.807, 2.05) is 13.8 Å². The van der Waals surface area contributed by atoms with Gasteiger partial charge < -0.3 is 10.1 Å². The van der Waals surface area contributed by atoms with Crippen LogP contribution in [0.3, 0.4) is 0 Å². The Balaban J connectivity index is 1.85. The van der Waals surface area contributed by atoms with Gasteiger partial charge in [0.05, 0.1) is 22.9 Å². The zero-order chi connectivity index (χ0) is 27.8. The van der Waals surface area contributed by atoms with Crippen molar-refractivity contribution in [2.24, 2.45) is 11.3 Å². The van der Waals surface area contributed by atoms with Gasteiger partial charge in [0, 0.05) is 0 Å². The molecule has 2 aromatic carbocycles. The van der Waals surface area contributed by atoms with E-state index in [0.29, 0.717) is 18.4 Å². The molecule has 0 radical (unpaired) electrons. The van der Waals surface area contributed by atoms with E-state index in [-0.39, 0.29) is 29.6 Å². The van der Waals surface area contributed by atoms with E-state index < -0.39 is 40.8 Å². The predicted molar refractivity (Wildman–Crippen MR) is 135 cm³/mol. The van der Waals surface area contributed by atoms with Gasteiger partial charge in [0.15, 0.2) is 0 Å². The maximum Gasteiger partial charge on any atom is 0.392 e. The topological polar surface area (TPSA) is 55.4 Å². The lowest BCUT2D eigenvalue weighted by Crippen LogP contribution is -2.34. The Morgan fingerprint density at radius 3 is 2.03 bits per heavy atom. The number of anilines is 1. The fraction of sp³-hybridized carbons (Fsp3) is 0.517. The molecule has 0 saturated heterocycles. The number of nitrogens with one attached hydrogen (secondary N) is 1. The van der Waals surface area contributed by atoms with E-state index in [4.69, 9.17) is 4.74 Å². The Morgan fingerprint density at radius 2 is 1.54 bits per heavy atom. The fourth-order valence-electron chi connectivity index (χ4n) is 4.31. The van der Waals surface area contributed by atoms with Crippen LogP contribution in [-0.2, 0) is 20.7 Å². The van der Waals surface area contributed by atoms with Crippen LogP contribution in [0, 0.1) is 17.2 Å². The molecule has 37 heavy (non-hydrogen) atoms. The summed E-state index contributed by atoms with van der Waals surface area (Å²) in [6.07, 6.45) is -3.11. The molecule has 1 saturated carbocycles. The maximum absolute atomic E-state index is 14.7. The Morgan fingerprint density at radius 1 is 0.973 bits per heavy atom. The van der Waals surface area contributed by atoms with Crippen molar-refractivity contribution in [1.82, 2.24) is 0 Å². The highest BCUT2D eigenvalue weighted by Crippen LogP contribution is 2.50. The van der Waals surface area contributed by atoms with E-state index >= 15 is 0 Å². The van der Waals surface area contributed by atoms with Crippen LogP contribution in [-0.4, -0.2) is 23.7 Å². The first-order valence-electron chi connectivity index (χ1n) is 12.5. The van der Waals surface area contributed by atoms with Crippen LogP contribution >= 0.6 is 0 Å². The summed E-state index contributed by atoms with van der Waals surface area (Å²) in [5, 5.41) is 2.38. The molecule has 1 aliphatic rings. The molecule has 1 N–H and O–H groups in total. The van der Waals surface area contributed by atoms with Gasteiger partial charge in [0.25, 0.3) is 0 Å². The van der Waals surface area contributed by atoms with Crippen molar-refractivity contribution in [2.75, 3.05) is 5.32 Å². The van der Waals surface area contributed by atoms with Gasteiger partial charge in [-0.3, -0.25) is 9.59 Å². The van der Waals surface area contributed by atoms with E-state index in [2.05, 4.69) is 5.32 Å². The van der Waals surface area contributed by atoms with Crippen molar-refractivity contribution in [3.8, 4) is 0 Å². The first-order valence-corrected chi connectivity index (χ1v) is 12.5. The minimum Gasteiger partial charge on any atom is -0.460 e. The summed E-state index contributed by atoms with van der Waals surface area (Å²) in [7, 11) is 0.